The number of hydrogen-bond acceptors (Lipinski definition) is 6. The Kier molecular flexibility index (Phi) is 5.61. The van der Waals surface area contributed by atoms with Crippen molar-refractivity contribution in [2.24, 2.45) is 5.41 Å². The maximum Gasteiger partial charge on any atom is 0.417 e. The van der Waals surface area contributed by atoms with Gasteiger partial charge in [0.05, 0.1) is 14.2 Å². The maximum absolute atomic E-state index is 13.1. The highest BCUT2D eigenvalue weighted by atomic mass is 16.6. The molecule has 1 unspecified atom stereocenters. The van der Waals surface area contributed by atoms with Gasteiger partial charge < -0.3 is 19.1 Å². The van der Waals surface area contributed by atoms with E-state index >= 15 is 0 Å². The van der Waals surface area contributed by atoms with E-state index in [0.29, 0.717) is 5.75 Å². The molecule has 2 heterocycles. The quantitative estimate of drug-likeness (QED) is 0.556. The van der Waals surface area contributed by atoms with E-state index in [1.807, 2.05) is 12.1 Å². The normalized spacial score (nSPS) is 19.5. The molecular formula is C22H26N2O6. The van der Waals surface area contributed by atoms with Gasteiger partial charge in [-0.25, -0.2) is 9.59 Å². The van der Waals surface area contributed by atoms with Crippen molar-refractivity contribution in [1.29, 1.82) is 0 Å². The SMILES string of the molecule is COC(=O)N1C=CC2(C=C1)C(=O)N(Cc1ccc(OC)cc1)C2C(=O)OC(C)(C)C. The molecule has 1 aromatic rings. The molecule has 2 aliphatic rings. The molecule has 0 saturated carbocycles. The van der Waals surface area contributed by atoms with Crippen molar-refractivity contribution >= 4 is 18.0 Å². The number of methoxy groups -OCH3 is 2. The molecule has 1 saturated heterocycles. The molecule has 0 aliphatic carbocycles. The first-order valence-corrected chi connectivity index (χ1v) is 9.53. The molecule has 0 radical (unpaired) electrons. The van der Waals surface area contributed by atoms with Gasteiger partial charge >= 0.3 is 12.1 Å². The Hall–Kier alpha value is -3.29. The number of esters is 1. The van der Waals surface area contributed by atoms with Gasteiger partial charge in [0, 0.05) is 18.9 Å². The second-order valence-electron chi connectivity index (χ2n) is 8.16. The van der Waals surface area contributed by atoms with Crippen molar-refractivity contribution in [3.63, 3.8) is 0 Å². The molecular weight excluding hydrogens is 388 g/mol. The Morgan fingerprint density at radius 3 is 2.17 bits per heavy atom. The smallest absolute Gasteiger partial charge is 0.417 e. The summed E-state index contributed by atoms with van der Waals surface area (Å²) in [6.45, 7) is 5.57. The van der Waals surface area contributed by atoms with Gasteiger partial charge in [0.2, 0.25) is 5.91 Å². The van der Waals surface area contributed by atoms with Crippen molar-refractivity contribution in [1.82, 2.24) is 9.80 Å². The third-order valence-electron chi connectivity index (χ3n) is 4.94. The number of nitrogens with zero attached hydrogens (tertiary/aromatic N) is 2. The number of rotatable bonds is 4. The summed E-state index contributed by atoms with van der Waals surface area (Å²) >= 11 is 0. The van der Waals surface area contributed by atoms with E-state index in [4.69, 9.17) is 9.47 Å². The second-order valence-corrected chi connectivity index (χ2v) is 8.16. The largest absolute Gasteiger partial charge is 0.497 e. The highest BCUT2D eigenvalue weighted by Crippen LogP contribution is 2.46. The van der Waals surface area contributed by atoms with Gasteiger partial charge in [-0.2, -0.15) is 0 Å². The Balaban J connectivity index is 1.88. The lowest BCUT2D eigenvalue weighted by Gasteiger charge is -2.53. The highest BCUT2D eigenvalue weighted by Gasteiger charge is 2.63. The third-order valence-corrected chi connectivity index (χ3v) is 4.94. The maximum atomic E-state index is 13.1. The fraction of sp³-hybridized carbons (Fsp3) is 0.409. The van der Waals surface area contributed by atoms with Crippen LogP contribution in [0.2, 0.25) is 0 Å². The Labute approximate surface area is 175 Å². The summed E-state index contributed by atoms with van der Waals surface area (Å²) in [7, 11) is 2.85. The van der Waals surface area contributed by atoms with Gasteiger partial charge in [0.15, 0.2) is 6.04 Å². The van der Waals surface area contributed by atoms with Gasteiger partial charge in [-0.15, -0.1) is 0 Å². The number of benzene rings is 1. The molecule has 3 rings (SSSR count). The zero-order valence-electron chi connectivity index (χ0n) is 17.7. The molecule has 1 atom stereocenters. The summed E-state index contributed by atoms with van der Waals surface area (Å²) in [4.78, 5) is 40.6. The molecule has 2 amide bonds. The van der Waals surface area contributed by atoms with Gasteiger partial charge in [-0.3, -0.25) is 9.69 Å². The van der Waals surface area contributed by atoms with Crippen molar-refractivity contribution < 1.29 is 28.6 Å². The van der Waals surface area contributed by atoms with Gasteiger partial charge in [-0.05, 0) is 50.6 Å². The molecule has 0 bridgehead atoms. The zero-order chi connectivity index (χ0) is 22.1. The van der Waals surface area contributed by atoms with Crippen LogP contribution in [0.15, 0.2) is 48.8 Å². The zero-order valence-corrected chi connectivity index (χ0v) is 17.7. The van der Waals surface area contributed by atoms with Gasteiger partial charge in [0.25, 0.3) is 0 Å². The summed E-state index contributed by atoms with van der Waals surface area (Å²) in [6, 6.07) is 6.43. The predicted molar refractivity (Wildman–Crippen MR) is 108 cm³/mol. The first-order valence-electron chi connectivity index (χ1n) is 9.53. The second kappa shape index (κ2) is 7.85. The monoisotopic (exact) mass is 414 g/mol. The van der Waals surface area contributed by atoms with Crippen LogP contribution in [-0.4, -0.2) is 53.6 Å². The predicted octanol–water partition coefficient (Wildman–Crippen LogP) is 2.84. The minimum atomic E-state index is -1.20. The Bertz CT molecular complexity index is 883. The molecule has 1 spiro atoms. The molecule has 2 aliphatic heterocycles. The fourth-order valence-electron chi connectivity index (χ4n) is 3.51. The first kappa shape index (κ1) is 21.4. The number of β-lactam (4-membered cyclic amide) rings is 1. The average Bonchev–Trinajstić information content (AvgIpc) is 2.72. The molecule has 0 N–H and O–H groups in total. The molecule has 1 aromatic carbocycles. The fourth-order valence-corrected chi connectivity index (χ4v) is 3.51. The van der Waals surface area contributed by atoms with Crippen LogP contribution in [0.1, 0.15) is 26.3 Å². The van der Waals surface area contributed by atoms with Crippen molar-refractivity contribution in [3.8, 4) is 5.75 Å². The van der Waals surface area contributed by atoms with Crippen LogP contribution in [0, 0.1) is 5.41 Å². The van der Waals surface area contributed by atoms with E-state index in [9.17, 15) is 14.4 Å². The number of amides is 2. The number of hydrogen-bond donors (Lipinski definition) is 0. The molecule has 8 heteroatoms. The van der Waals surface area contributed by atoms with Crippen molar-refractivity contribution in [2.75, 3.05) is 14.2 Å². The lowest BCUT2D eigenvalue weighted by molar-refractivity contribution is -0.185. The van der Waals surface area contributed by atoms with E-state index < -0.39 is 29.1 Å². The van der Waals surface area contributed by atoms with Gasteiger partial charge in [0.1, 0.15) is 16.8 Å². The number of likely N-dealkylation sites (tertiary alicyclic amines) is 1. The van der Waals surface area contributed by atoms with Crippen LogP contribution in [0.25, 0.3) is 0 Å². The van der Waals surface area contributed by atoms with Crippen LogP contribution < -0.4 is 4.74 Å². The summed E-state index contributed by atoms with van der Waals surface area (Å²) in [5.74, 6) is -0.0440. The van der Waals surface area contributed by atoms with Crippen molar-refractivity contribution in [3.05, 3.63) is 54.4 Å². The van der Waals surface area contributed by atoms with E-state index in [1.165, 1.54) is 29.3 Å². The van der Waals surface area contributed by atoms with E-state index in [0.717, 1.165) is 5.56 Å². The summed E-state index contributed by atoms with van der Waals surface area (Å²) in [5, 5.41) is 0. The van der Waals surface area contributed by atoms with E-state index in [1.54, 1.807) is 52.2 Å². The van der Waals surface area contributed by atoms with E-state index in [-0.39, 0.29) is 12.5 Å². The molecule has 30 heavy (non-hydrogen) atoms. The lowest BCUT2D eigenvalue weighted by Crippen LogP contribution is -2.71. The molecule has 8 nitrogen and oxygen atoms in total. The molecule has 1 fully saturated rings. The highest BCUT2D eigenvalue weighted by molar-refractivity contribution is 6.04. The van der Waals surface area contributed by atoms with Gasteiger partial charge in [-0.1, -0.05) is 12.1 Å². The number of carbonyl (C=O) groups is 3. The first-order chi connectivity index (χ1) is 14.1. The molecule has 160 valence electrons. The van der Waals surface area contributed by atoms with Crippen LogP contribution in [-0.2, 0) is 25.6 Å². The number of ether oxygens (including phenoxy) is 3. The average molecular weight is 414 g/mol. The van der Waals surface area contributed by atoms with Crippen LogP contribution in [0.5, 0.6) is 5.75 Å². The summed E-state index contributed by atoms with van der Waals surface area (Å²) in [5.41, 5.74) is -1.05. The topological polar surface area (TPSA) is 85.4 Å². The van der Waals surface area contributed by atoms with Crippen LogP contribution >= 0.6 is 0 Å². The minimum Gasteiger partial charge on any atom is -0.497 e. The summed E-state index contributed by atoms with van der Waals surface area (Å²) < 4.78 is 15.4. The Morgan fingerprint density at radius 1 is 1.07 bits per heavy atom. The Morgan fingerprint density at radius 2 is 1.67 bits per heavy atom. The van der Waals surface area contributed by atoms with Crippen molar-refractivity contribution in [2.45, 2.75) is 39.0 Å². The van der Waals surface area contributed by atoms with Crippen LogP contribution in [0.4, 0.5) is 4.79 Å². The number of carbonyl (C=O) groups excluding carboxylic acids is 3. The standard InChI is InChI=1S/C22H26N2O6/c1-21(2,3)30-18(25)17-22(10-12-23(13-11-22)20(27)29-5)19(26)24(17)14-15-6-8-16(28-4)9-7-15/h6-13,17H,14H2,1-5H3. The minimum absolute atomic E-state index is 0.244. The third kappa shape index (κ3) is 3.90. The lowest BCUT2D eigenvalue weighted by atomic mass is 9.69. The van der Waals surface area contributed by atoms with E-state index in [2.05, 4.69) is 4.74 Å². The summed E-state index contributed by atoms with van der Waals surface area (Å²) in [6.07, 6.45) is 5.38. The molecule has 0 aromatic heterocycles. The van der Waals surface area contributed by atoms with Crippen LogP contribution in [0.3, 0.4) is 0 Å².